The van der Waals surface area contributed by atoms with Crippen molar-refractivity contribution in [2.75, 3.05) is 0 Å². The second-order valence-electron chi connectivity index (χ2n) is 16.6. The molecule has 6 heteroatoms. The van der Waals surface area contributed by atoms with Crippen molar-refractivity contribution in [1.29, 1.82) is 0 Å². The normalized spacial score (nSPS) is 12.0. The number of para-hydroxylation sites is 1. The zero-order valence-corrected chi connectivity index (χ0v) is 35.1. The monoisotopic (exact) mass is 806 g/mol. The van der Waals surface area contributed by atoms with Crippen LogP contribution in [0.5, 0.6) is 11.5 Å². The van der Waals surface area contributed by atoms with Crippen LogP contribution in [0.1, 0.15) is 108 Å². The summed E-state index contributed by atoms with van der Waals surface area (Å²) in [7, 11) is 0. The molecule has 0 saturated carbocycles. The first-order valence-corrected chi connectivity index (χ1v) is 19.1. The van der Waals surface area contributed by atoms with Crippen molar-refractivity contribution in [2.24, 2.45) is 5.92 Å². The Kier molecular flexibility index (Phi) is 11.1. The van der Waals surface area contributed by atoms with Crippen LogP contribution in [0, 0.1) is 31.9 Å². The number of hydrogen-bond donors (Lipinski definition) is 0. The standard InChI is InChI=1S/C48H52N4O.Pd/c1-29(2)23-34-21-22-49-45(24-34)51-43-18-13-12-15-41(43)42-20-19-37(28-44(42)51)53-38-26-35(48(9,10)11)25-36(27-38)52-33(8)46(32(7)50-52)47-39(30(3)4)16-14-17-40(47)31(5)6;/h12-22,24-26,29-31H,23H2,1-11H3;/q-2;+2. The first-order valence-electron chi connectivity index (χ1n) is 19.1. The van der Waals surface area contributed by atoms with Crippen LogP contribution in [0.4, 0.5) is 0 Å². The fourth-order valence-electron chi connectivity index (χ4n) is 7.68. The fraction of sp³-hybridized carbons (Fsp3) is 0.333. The van der Waals surface area contributed by atoms with Crippen molar-refractivity contribution >= 4 is 21.8 Å². The van der Waals surface area contributed by atoms with Crippen LogP contribution >= 0.6 is 0 Å². The van der Waals surface area contributed by atoms with Crippen molar-refractivity contribution in [3.63, 3.8) is 0 Å². The summed E-state index contributed by atoms with van der Waals surface area (Å²) in [5.74, 6) is 3.44. The molecule has 3 heterocycles. The van der Waals surface area contributed by atoms with Gasteiger partial charge in [-0.15, -0.1) is 41.3 Å². The molecular weight excluding hydrogens is 755 g/mol. The van der Waals surface area contributed by atoms with Crippen molar-refractivity contribution in [3.8, 4) is 34.1 Å². The number of pyridine rings is 1. The molecule has 7 aromatic rings. The number of nitrogens with zero attached hydrogens (tertiary/aromatic N) is 4. The number of aromatic nitrogens is 4. The summed E-state index contributed by atoms with van der Waals surface area (Å²) >= 11 is 0. The summed E-state index contributed by atoms with van der Waals surface area (Å²) in [6.07, 6.45) is 2.91. The second-order valence-corrected chi connectivity index (χ2v) is 16.6. The maximum absolute atomic E-state index is 6.72. The van der Waals surface area contributed by atoms with Crippen molar-refractivity contribution in [2.45, 2.75) is 99.8 Å². The largest absolute Gasteiger partial charge is 2.00 e. The van der Waals surface area contributed by atoms with Gasteiger partial charge in [0.05, 0.1) is 5.69 Å². The Morgan fingerprint density at radius 1 is 0.741 bits per heavy atom. The third kappa shape index (κ3) is 7.44. The van der Waals surface area contributed by atoms with Crippen molar-refractivity contribution in [1.82, 2.24) is 19.3 Å². The van der Waals surface area contributed by atoms with E-state index < -0.39 is 0 Å². The molecule has 7 rings (SSSR count). The quantitative estimate of drug-likeness (QED) is 0.108. The van der Waals surface area contributed by atoms with E-state index in [1.807, 2.05) is 12.3 Å². The van der Waals surface area contributed by atoms with Gasteiger partial charge in [0.2, 0.25) is 0 Å². The minimum absolute atomic E-state index is 0. The maximum Gasteiger partial charge on any atom is 2.00 e. The molecular formula is C48H52N4OPd. The van der Waals surface area contributed by atoms with E-state index in [4.69, 9.17) is 14.8 Å². The maximum atomic E-state index is 6.72. The first kappa shape index (κ1) is 39.2. The molecule has 0 amide bonds. The van der Waals surface area contributed by atoms with Gasteiger partial charge in [0.15, 0.2) is 0 Å². The molecule has 0 bridgehead atoms. The number of aryl methyl sites for hydroxylation is 1. The average Bonchev–Trinajstić information content (AvgIpc) is 3.59. The number of ether oxygens (including phenoxy) is 1. The Labute approximate surface area is 335 Å². The Balaban J connectivity index is 0.00000497. The number of hydrogen-bond acceptors (Lipinski definition) is 3. The van der Waals surface area contributed by atoms with Crippen LogP contribution in [-0.2, 0) is 32.3 Å². The molecule has 0 aliphatic heterocycles. The Morgan fingerprint density at radius 2 is 1.44 bits per heavy atom. The van der Waals surface area contributed by atoms with E-state index >= 15 is 0 Å². The fourth-order valence-corrected chi connectivity index (χ4v) is 7.68. The molecule has 0 aliphatic carbocycles. The van der Waals surface area contributed by atoms with E-state index in [9.17, 15) is 0 Å². The molecule has 0 atom stereocenters. The predicted molar refractivity (Wildman–Crippen MR) is 220 cm³/mol. The van der Waals surface area contributed by atoms with Crippen molar-refractivity contribution in [3.05, 3.63) is 131 Å². The molecule has 3 aromatic heterocycles. The van der Waals surface area contributed by atoms with Gasteiger partial charge >= 0.3 is 20.4 Å². The molecule has 4 aromatic carbocycles. The Morgan fingerprint density at radius 3 is 2.11 bits per heavy atom. The van der Waals surface area contributed by atoms with Crippen LogP contribution in [0.3, 0.4) is 0 Å². The van der Waals surface area contributed by atoms with Gasteiger partial charge in [-0.1, -0.05) is 104 Å². The van der Waals surface area contributed by atoms with E-state index in [-0.39, 0.29) is 25.8 Å². The molecule has 0 spiro atoms. The van der Waals surface area contributed by atoms with Gasteiger partial charge in [0, 0.05) is 34.5 Å². The van der Waals surface area contributed by atoms with Gasteiger partial charge in [-0.2, -0.15) is 11.2 Å². The number of rotatable bonds is 9. The molecule has 0 fully saturated rings. The minimum atomic E-state index is -0.136. The molecule has 0 radical (unpaired) electrons. The SMILES string of the molecule is Cc1nn(-c2[c-]c(Oc3[c-]c4c(cc3)c3ccccc3n4-c3cc(CC(C)C)ccn3)cc(C(C)(C)C)c2)c(C)c1-c1c(C(C)C)cccc1C(C)C.[Pd+2]. The summed E-state index contributed by atoms with van der Waals surface area (Å²) in [6, 6.07) is 35.3. The van der Waals surface area contributed by atoms with Gasteiger partial charge in [0.25, 0.3) is 0 Å². The minimum Gasteiger partial charge on any atom is -0.509 e. The molecule has 0 unspecified atom stereocenters. The van der Waals surface area contributed by atoms with Crippen LogP contribution in [0.2, 0.25) is 0 Å². The summed E-state index contributed by atoms with van der Waals surface area (Å²) in [5, 5.41) is 7.44. The predicted octanol–water partition coefficient (Wildman–Crippen LogP) is 12.8. The third-order valence-electron chi connectivity index (χ3n) is 10.3. The van der Waals surface area contributed by atoms with Gasteiger partial charge < -0.3 is 9.30 Å². The zero-order chi connectivity index (χ0) is 37.8. The van der Waals surface area contributed by atoms with Crippen LogP contribution in [0.25, 0.3) is 44.4 Å². The smallest absolute Gasteiger partial charge is 0.509 e. The molecule has 0 saturated heterocycles. The molecule has 280 valence electrons. The summed E-state index contributed by atoms with van der Waals surface area (Å²) in [6.45, 7) is 24.6. The van der Waals surface area contributed by atoms with E-state index in [1.54, 1.807) is 0 Å². The van der Waals surface area contributed by atoms with Crippen LogP contribution in [0.15, 0.2) is 85.1 Å². The number of benzene rings is 4. The van der Waals surface area contributed by atoms with E-state index in [2.05, 4.69) is 170 Å². The van der Waals surface area contributed by atoms with Gasteiger partial charge in [-0.25, -0.2) is 4.98 Å². The second kappa shape index (κ2) is 15.3. The molecule has 5 nitrogen and oxygen atoms in total. The van der Waals surface area contributed by atoms with Crippen molar-refractivity contribution < 1.29 is 25.2 Å². The topological polar surface area (TPSA) is 44.9 Å². The summed E-state index contributed by atoms with van der Waals surface area (Å²) in [5.41, 5.74) is 12.5. The Bertz CT molecular complexity index is 2430. The molecule has 54 heavy (non-hydrogen) atoms. The average molecular weight is 807 g/mol. The van der Waals surface area contributed by atoms with Crippen LogP contribution < -0.4 is 4.74 Å². The van der Waals surface area contributed by atoms with E-state index in [0.717, 1.165) is 56.7 Å². The summed E-state index contributed by atoms with van der Waals surface area (Å²) in [4.78, 5) is 4.84. The first-order chi connectivity index (χ1) is 25.2. The van der Waals surface area contributed by atoms with E-state index in [0.29, 0.717) is 29.3 Å². The Hall–Kier alpha value is -4.50. The molecule has 0 aliphatic rings. The molecule has 0 N–H and O–H groups in total. The zero-order valence-electron chi connectivity index (χ0n) is 33.5. The third-order valence-corrected chi connectivity index (χ3v) is 10.3. The van der Waals surface area contributed by atoms with Gasteiger partial charge in [-0.3, -0.25) is 4.68 Å². The van der Waals surface area contributed by atoms with Crippen LogP contribution in [-0.4, -0.2) is 19.3 Å². The summed E-state index contributed by atoms with van der Waals surface area (Å²) < 4.78 is 11.0. The van der Waals surface area contributed by atoms with E-state index in [1.165, 1.54) is 27.8 Å². The van der Waals surface area contributed by atoms with Gasteiger partial charge in [-0.05, 0) is 95.0 Å². The number of fused-ring (bicyclic) bond motifs is 3. The van der Waals surface area contributed by atoms with Gasteiger partial charge in [0.1, 0.15) is 5.82 Å².